The van der Waals surface area contributed by atoms with Crippen molar-refractivity contribution in [3.05, 3.63) is 26.1 Å². The molecular weight excluding hydrogens is 358 g/mol. The maximum absolute atomic E-state index is 13.0. The largest absolute Gasteiger partial charge is 0.336 e. The number of halogens is 1. The normalized spacial score (nSPS) is 13.8. The van der Waals surface area contributed by atoms with E-state index < -0.39 is 11.2 Å². The topological polar surface area (TPSA) is 82.1 Å². The number of carbonyl (C=O) groups is 1. The molecule has 2 atom stereocenters. The summed E-state index contributed by atoms with van der Waals surface area (Å²) in [5.74, 6) is -0.134. The van der Waals surface area contributed by atoms with Gasteiger partial charge in [-0.25, -0.2) is 4.79 Å². The third-order valence-corrected chi connectivity index (χ3v) is 5.30. The van der Waals surface area contributed by atoms with E-state index >= 15 is 0 Å². The molecule has 0 aliphatic heterocycles. The molecule has 0 aliphatic carbocycles. The molecule has 0 saturated heterocycles. The predicted molar refractivity (Wildman–Crippen MR) is 102 cm³/mol. The van der Waals surface area contributed by atoms with Gasteiger partial charge in [0.25, 0.3) is 5.56 Å². The van der Waals surface area contributed by atoms with E-state index in [1.54, 1.807) is 0 Å². The molecule has 8 nitrogen and oxygen atoms in total. The molecule has 9 heteroatoms. The van der Waals surface area contributed by atoms with Gasteiger partial charge in [0.15, 0.2) is 11.2 Å². The van der Waals surface area contributed by atoms with Gasteiger partial charge in [-0.1, -0.05) is 13.8 Å². The molecule has 0 aromatic carbocycles. The van der Waals surface area contributed by atoms with Crippen molar-refractivity contribution >= 4 is 28.7 Å². The summed E-state index contributed by atoms with van der Waals surface area (Å²) in [6.45, 7) is 7.95. The molecule has 0 N–H and O–H groups in total. The SMILES string of the molecule is CC[C@H](C)N(C(=O)Cn1c(Cl)nc2c1c(=O)n(C)c(=O)n2C)[C@@H](C)CC. The van der Waals surface area contributed by atoms with E-state index in [2.05, 4.69) is 4.98 Å². The molecule has 2 heterocycles. The van der Waals surface area contributed by atoms with Crippen molar-refractivity contribution in [2.75, 3.05) is 0 Å². The van der Waals surface area contributed by atoms with Gasteiger partial charge in [-0.3, -0.25) is 23.3 Å². The molecule has 2 aromatic rings. The summed E-state index contributed by atoms with van der Waals surface area (Å²) < 4.78 is 3.63. The fraction of sp³-hybridized carbons (Fsp3) is 0.647. The standard InChI is InChI=1S/C17H26ClN5O3/c1-7-10(3)23(11(4)8-2)12(24)9-22-13-14(19-16(22)18)20(5)17(26)21(6)15(13)25/h10-11H,7-9H2,1-6H3/t10-,11-/m0/s1. The van der Waals surface area contributed by atoms with Crippen molar-refractivity contribution in [1.82, 2.24) is 23.6 Å². The summed E-state index contributed by atoms with van der Waals surface area (Å²) in [5, 5.41) is 0.0138. The van der Waals surface area contributed by atoms with E-state index in [0.29, 0.717) is 0 Å². The van der Waals surface area contributed by atoms with Crippen LogP contribution < -0.4 is 11.2 Å². The lowest BCUT2D eigenvalue weighted by Gasteiger charge is -2.34. The number of rotatable bonds is 6. The van der Waals surface area contributed by atoms with E-state index in [9.17, 15) is 14.4 Å². The maximum Gasteiger partial charge on any atom is 0.332 e. The van der Waals surface area contributed by atoms with Gasteiger partial charge < -0.3 is 4.90 Å². The number of amides is 1. The molecule has 0 aliphatic rings. The third kappa shape index (κ3) is 3.30. The molecule has 0 unspecified atom stereocenters. The highest BCUT2D eigenvalue weighted by molar-refractivity contribution is 6.29. The van der Waals surface area contributed by atoms with Crippen LogP contribution in [0.15, 0.2) is 9.59 Å². The molecular formula is C17H26ClN5O3. The number of aromatic nitrogens is 4. The molecule has 26 heavy (non-hydrogen) atoms. The second-order valence-corrected chi connectivity index (χ2v) is 7.00. The smallest absolute Gasteiger partial charge is 0.332 e. The molecule has 0 spiro atoms. The summed E-state index contributed by atoms with van der Waals surface area (Å²) >= 11 is 6.21. The van der Waals surface area contributed by atoms with Crippen LogP contribution in [-0.4, -0.2) is 41.6 Å². The third-order valence-electron chi connectivity index (χ3n) is 5.01. The average molecular weight is 384 g/mol. The Morgan fingerprint density at radius 2 is 1.65 bits per heavy atom. The second-order valence-electron chi connectivity index (χ2n) is 6.66. The van der Waals surface area contributed by atoms with Crippen LogP contribution in [0.5, 0.6) is 0 Å². The molecule has 0 bridgehead atoms. The summed E-state index contributed by atoms with van der Waals surface area (Å²) in [5.41, 5.74) is -0.680. The second kappa shape index (κ2) is 7.65. The zero-order valence-corrected chi connectivity index (χ0v) is 16.9. The van der Waals surface area contributed by atoms with E-state index in [1.165, 1.54) is 23.2 Å². The van der Waals surface area contributed by atoms with Gasteiger partial charge in [-0.2, -0.15) is 4.98 Å². The zero-order chi connectivity index (χ0) is 19.8. The first-order valence-electron chi connectivity index (χ1n) is 8.78. The van der Waals surface area contributed by atoms with Crippen LogP contribution in [0, 0.1) is 0 Å². The highest BCUT2D eigenvalue weighted by Crippen LogP contribution is 2.18. The fourth-order valence-corrected chi connectivity index (χ4v) is 3.32. The summed E-state index contributed by atoms with van der Waals surface area (Å²) in [4.78, 5) is 43.6. The van der Waals surface area contributed by atoms with Crippen LogP contribution in [0.4, 0.5) is 0 Å². The van der Waals surface area contributed by atoms with E-state index in [0.717, 1.165) is 17.4 Å². The van der Waals surface area contributed by atoms with Gasteiger partial charge in [-0.05, 0) is 38.3 Å². The van der Waals surface area contributed by atoms with Gasteiger partial charge in [0.1, 0.15) is 6.54 Å². The highest BCUT2D eigenvalue weighted by atomic mass is 35.5. The number of hydrogen-bond donors (Lipinski definition) is 0. The van der Waals surface area contributed by atoms with Crippen molar-refractivity contribution in [3.8, 4) is 0 Å². The first-order valence-corrected chi connectivity index (χ1v) is 9.16. The van der Waals surface area contributed by atoms with Crippen LogP contribution in [0.2, 0.25) is 5.28 Å². The Labute approximate surface area is 157 Å². The minimum absolute atomic E-state index is 0.0138. The Morgan fingerprint density at radius 3 is 2.15 bits per heavy atom. The highest BCUT2D eigenvalue weighted by Gasteiger charge is 2.26. The number of nitrogens with zero attached hydrogens (tertiary/aromatic N) is 5. The van der Waals surface area contributed by atoms with Gasteiger partial charge in [0.2, 0.25) is 11.2 Å². The van der Waals surface area contributed by atoms with Crippen molar-refractivity contribution in [2.45, 2.75) is 59.2 Å². The molecule has 0 radical (unpaired) electrons. The molecule has 0 saturated carbocycles. The summed E-state index contributed by atoms with van der Waals surface area (Å²) in [6, 6.07) is 0.136. The summed E-state index contributed by atoms with van der Waals surface area (Å²) in [7, 11) is 2.91. The van der Waals surface area contributed by atoms with E-state index in [4.69, 9.17) is 11.6 Å². The number of hydrogen-bond acceptors (Lipinski definition) is 4. The average Bonchev–Trinajstić information content (AvgIpc) is 2.94. The molecule has 144 valence electrons. The quantitative estimate of drug-likeness (QED) is 0.708. The van der Waals surface area contributed by atoms with E-state index in [-0.39, 0.29) is 41.0 Å². The monoisotopic (exact) mass is 383 g/mol. The number of carbonyl (C=O) groups excluding carboxylic acids is 1. The van der Waals surface area contributed by atoms with Crippen LogP contribution in [-0.2, 0) is 25.4 Å². The van der Waals surface area contributed by atoms with Crippen molar-refractivity contribution in [1.29, 1.82) is 0 Å². The fourth-order valence-electron chi connectivity index (χ4n) is 3.10. The lowest BCUT2D eigenvalue weighted by atomic mass is 10.1. The van der Waals surface area contributed by atoms with E-state index in [1.807, 2.05) is 32.6 Å². The van der Waals surface area contributed by atoms with Gasteiger partial charge in [0, 0.05) is 26.2 Å². The number of fused-ring (bicyclic) bond motifs is 1. The first-order chi connectivity index (χ1) is 12.1. The Balaban J connectivity index is 2.58. The predicted octanol–water partition coefficient (Wildman–Crippen LogP) is 1.51. The van der Waals surface area contributed by atoms with Crippen molar-refractivity contribution in [3.63, 3.8) is 0 Å². The Morgan fingerprint density at radius 1 is 1.12 bits per heavy atom. The Bertz CT molecular complexity index is 932. The van der Waals surface area contributed by atoms with Crippen molar-refractivity contribution < 1.29 is 4.79 Å². The van der Waals surface area contributed by atoms with Crippen molar-refractivity contribution in [2.24, 2.45) is 14.1 Å². The number of aryl methyl sites for hydroxylation is 1. The molecule has 2 rings (SSSR count). The minimum Gasteiger partial charge on any atom is -0.336 e. The molecule has 2 aromatic heterocycles. The lowest BCUT2D eigenvalue weighted by Crippen LogP contribution is -2.46. The lowest BCUT2D eigenvalue weighted by molar-refractivity contribution is -0.136. The van der Waals surface area contributed by atoms with Crippen LogP contribution >= 0.6 is 11.6 Å². The first kappa shape index (κ1) is 20.2. The van der Waals surface area contributed by atoms with Gasteiger partial charge in [-0.15, -0.1) is 0 Å². The number of imidazole rings is 1. The summed E-state index contributed by atoms with van der Waals surface area (Å²) in [6.07, 6.45) is 1.65. The van der Waals surface area contributed by atoms with Gasteiger partial charge >= 0.3 is 5.69 Å². The zero-order valence-electron chi connectivity index (χ0n) is 16.1. The van der Waals surface area contributed by atoms with Gasteiger partial charge in [0.05, 0.1) is 0 Å². The van der Waals surface area contributed by atoms with Crippen LogP contribution in [0.3, 0.4) is 0 Å². The minimum atomic E-state index is -0.520. The molecule has 0 fully saturated rings. The maximum atomic E-state index is 13.0. The van der Waals surface area contributed by atoms with Crippen LogP contribution in [0.25, 0.3) is 11.2 Å². The Hall–Kier alpha value is -2.09. The Kier molecular flexibility index (Phi) is 5.95. The molecule has 1 amide bonds. The van der Waals surface area contributed by atoms with Crippen LogP contribution in [0.1, 0.15) is 40.5 Å².